The Kier molecular flexibility index (Phi) is 4.85. The maximum Gasteiger partial charge on any atom is 0.166 e. The minimum absolute atomic E-state index is 0.0862. The van der Waals surface area contributed by atoms with Crippen LogP contribution >= 0.6 is 11.6 Å². The number of ether oxygens (including phenoxy) is 1. The van der Waals surface area contributed by atoms with Crippen LogP contribution in [0.1, 0.15) is 39.6 Å². The topological polar surface area (TPSA) is 56.5 Å². The van der Waals surface area contributed by atoms with Gasteiger partial charge >= 0.3 is 0 Å². The molecule has 0 N–H and O–H groups in total. The van der Waals surface area contributed by atoms with Crippen LogP contribution in [0.4, 0.5) is 0 Å². The normalized spacial score (nSPS) is 16.1. The molecule has 0 unspecified atom stereocenters. The second-order valence-electron chi connectivity index (χ2n) is 7.55. The van der Waals surface area contributed by atoms with Gasteiger partial charge in [-0.2, -0.15) is 5.10 Å². The third kappa shape index (κ3) is 3.20. The molecule has 1 atom stereocenters. The molecule has 0 aliphatic heterocycles. The molecule has 1 aliphatic carbocycles. The number of aromatic nitrogens is 3. The van der Waals surface area contributed by atoms with Crippen molar-refractivity contribution in [3.05, 3.63) is 88.3 Å². The summed E-state index contributed by atoms with van der Waals surface area (Å²) in [5, 5.41) is 5.52. The molecule has 5 rings (SSSR count). The predicted octanol–water partition coefficient (Wildman–Crippen LogP) is 5.11. The molecule has 1 aliphatic rings. The van der Waals surface area contributed by atoms with Gasteiger partial charge in [-0.25, -0.2) is 9.50 Å². The van der Waals surface area contributed by atoms with E-state index in [2.05, 4.69) is 4.98 Å². The summed E-state index contributed by atoms with van der Waals surface area (Å²) in [5.74, 6) is 0.179. The van der Waals surface area contributed by atoms with Crippen molar-refractivity contribution >= 4 is 23.0 Å². The van der Waals surface area contributed by atoms with Gasteiger partial charge in [0, 0.05) is 24.8 Å². The van der Waals surface area contributed by atoms with Gasteiger partial charge in [-0.1, -0.05) is 54.1 Å². The summed E-state index contributed by atoms with van der Waals surface area (Å²) < 4.78 is 7.24. The Bertz CT molecular complexity index is 1230. The van der Waals surface area contributed by atoms with E-state index in [1.54, 1.807) is 13.3 Å². The van der Waals surface area contributed by atoms with Gasteiger partial charge in [0.2, 0.25) is 0 Å². The number of rotatable bonds is 4. The number of carbonyl (C=O) groups is 1. The van der Waals surface area contributed by atoms with Crippen LogP contribution in [0.3, 0.4) is 0 Å². The van der Waals surface area contributed by atoms with E-state index in [4.69, 9.17) is 21.4 Å². The zero-order chi connectivity index (χ0) is 20.7. The van der Waals surface area contributed by atoms with Gasteiger partial charge in [-0.3, -0.25) is 4.79 Å². The van der Waals surface area contributed by atoms with Crippen LogP contribution in [0.25, 0.3) is 16.8 Å². The Morgan fingerprint density at radius 2 is 1.87 bits per heavy atom. The standard InChI is InChI=1S/C24H20ClN3O2/c1-30-14-20-23(16-5-3-2-4-6-16)24-26-13-19-21(28(24)27-20)11-17(12-22(19)29)15-7-9-18(25)10-8-15/h2-10,13,17H,11-12,14H2,1H3/t17-/m0/s1. The molecule has 2 heterocycles. The molecule has 2 aromatic carbocycles. The molecule has 5 nitrogen and oxygen atoms in total. The molecule has 0 spiro atoms. The molecule has 0 saturated heterocycles. The summed E-state index contributed by atoms with van der Waals surface area (Å²) >= 11 is 6.05. The van der Waals surface area contributed by atoms with E-state index in [0.29, 0.717) is 30.0 Å². The third-order valence-electron chi connectivity index (χ3n) is 5.67. The van der Waals surface area contributed by atoms with E-state index in [1.165, 1.54) is 0 Å². The SMILES string of the molecule is COCc1nn2c3c(cnc2c1-c1ccccc1)C(=O)C[C@@H](c1ccc(Cl)cc1)C3. The van der Waals surface area contributed by atoms with Crippen molar-refractivity contribution in [1.82, 2.24) is 14.6 Å². The highest BCUT2D eigenvalue weighted by atomic mass is 35.5. The van der Waals surface area contributed by atoms with Crippen LogP contribution in [-0.4, -0.2) is 27.5 Å². The number of hydrogen-bond donors (Lipinski definition) is 0. The number of fused-ring (bicyclic) bond motifs is 3. The van der Waals surface area contributed by atoms with Crippen LogP contribution in [0.5, 0.6) is 0 Å². The fourth-order valence-electron chi connectivity index (χ4n) is 4.25. The zero-order valence-electron chi connectivity index (χ0n) is 16.5. The van der Waals surface area contributed by atoms with Crippen molar-refractivity contribution in [3.8, 4) is 11.1 Å². The number of nitrogens with zero attached hydrogens (tertiary/aromatic N) is 3. The second-order valence-corrected chi connectivity index (χ2v) is 7.99. The first-order valence-electron chi connectivity index (χ1n) is 9.88. The van der Waals surface area contributed by atoms with Crippen LogP contribution in [-0.2, 0) is 17.8 Å². The monoisotopic (exact) mass is 417 g/mol. The molecular formula is C24H20ClN3O2. The Morgan fingerprint density at radius 3 is 2.60 bits per heavy atom. The first-order chi connectivity index (χ1) is 14.7. The molecule has 0 amide bonds. The number of hydrogen-bond acceptors (Lipinski definition) is 4. The summed E-state index contributed by atoms with van der Waals surface area (Å²) in [6, 6.07) is 17.8. The van der Waals surface area contributed by atoms with Crippen molar-refractivity contribution in [2.45, 2.75) is 25.4 Å². The maximum atomic E-state index is 12.9. The third-order valence-corrected chi connectivity index (χ3v) is 5.92. The smallest absolute Gasteiger partial charge is 0.166 e. The molecule has 0 radical (unpaired) electrons. The molecule has 4 aromatic rings. The van der Waals surface area contributed by atoms with Crippen molar-refractivity contribution < 1.29 is 9.53 Å². The van der Waals surface area contributed by atoms with Crippen LogP contribution in [0.15, 0.2) is 60.8 Å². The highest BCUT2D eigenvalue weighted by Gasteiger charge is 2.30. The first-order valence-corrected chi connectivity index (χ1v) is 10.3. The van der Waals surface area contributed by atoms with E-state index in [-0.39, 0.29) is 11.7 Å². The zero-order valence-corrected chi connectivity index (χ0v) is 17.3. The number of halogens is 1. The summed E-state index contributed by atoms with van der Waals surface area (Å²) in [6.45, 7) is 0.372. The number of Topliss-reactive ketones (excluding diaryl/α,β-unsaturated/α-hetero) is 1. The molecule has 0 bridgehead atoms. The van der Waals surface area contributed by atoms with E-state index >= 15 is 0 Å². The Labute approximate surface area is 179 Å². The molecule has 0 fully saturated rings. The average Bonchev–Trinajstić information content (AvgIpc) is 3.13. The number of benzene rings is 2. The lowest BCUT2D eigenvalue weighted by molar-refractivity contribution is 0.0962. The minimum atomic E-state index is 0.0862. The Morgan fingerprint density at radius 1 is 1.10 bits per heavy atom. The summed E-state index contributed by atoms with van der Waals surface area (Å²) in [7, 11) is 1.65. The quantitative estimate of drug-likeness (QED) is 0.463. The Hall–Kier alpha value is -3.02. The van der Waals surface area contributed by atoms with Crippen LogP contribution < -0.4 is 0 Å². The van der Waals surface area contributed by atoms with Crippen molar-refractivity contribution in [2.24, 2.45) is 0 Å². The number of methoxy groups -OCH3 is 1. The highest BCUT2D eigenvalue weighted by molar-refractivity contribution is 6.30. The van der Waals surface area contributed by atoms with Crippen molar-refractivity contribution in [1.29, 1.82) is 0 Å². The lowest BCUT2D eigenvalue weighted by Gasteiger charge is -2.24. The van der Waals surface area contributed by atoms with Crippen molar-refractivity contribution in [2.75, 3.05) is 7.11 Å². The van der Waals surface area contributed by atoms with Gasteiger partial charge in [-0.05, 0) is 35.6 Å². The average molecular weight is 418 g/mol. The molecule has 30 heavy (non-hydrogen) atoms. The highest BCUT2D eigenvalue weighted by Crippen LogP contribution is 2.35. The number of carbonyl (C=O) groups excluding carboxylic acids is 1. The Balaban J connectivity index is 1.67. The molecule has 150 valence electrons. The van der Waals surface area contributed by atoms with E-state index in [0.717, 1.165) is 33.7 Å². The fourth-order valence-corrected chi connectivity index (χ4v) is 4.38. The van der Waals surface area contributed by atoms with E-state index in [9.17, 15) is 4.79 Å². The second kappa shape index (κ2) is 7.67. The fraction of sp³-hybridized carbons (Fsp3) is 0.208. The largest absolute Gasteiger partial charge is 0.378 e. The molecular weight excluding hydrogens is 398 g/mol. The van der Waals surface area contributed by atoms with Gasteiger partial charge < -0.3 is 4.74 Å². The van der Waals surface area contributed by atoms with Gasteiger partial charge in [0.15, 0.2) is 11.4 Å². The minimum Gasteiger partial charge on any atom is -0.378 e. The predicted molar refractivity (Wildman–Crippen MR) is 116 cm³/mol. The summed E-state index contributed by atoms with van der Waals surface area (Å²) in [6.07, 6.45) is 2.87. The maximum absolute atomic E-state index is 12.9. The lowest BCUT2D eigenvalue weighted by Crippen LogP contribution is -2.22. The van der Waals surface area contributed by atoms with Gasteiger partial charge in [-0.15, -0.1) is 0 Å². The van der Waals surface area contributed by atoms with Gasteiger partial charge in [0.05, 0.1) is 29.1 Å². The van der Waals surface area contributed by atoms with Gasteiger partial charge in [0.1, 0.15) is 0 Å². The van der Waals surface area contributed by atoms with E-state index < -0.39 is 0 Å². The first kappa shape index (κ1) is 19.0. The molecule has 6 heteroatoms. The lowest BCUT2D eigenvalue weighted by atomic mass is 9.82. The van der Waals surface area contributed by atoms with Crippen LogP contribution in [0.2, 0.25) is 5.02 Å². The number of ketones is 1. The van der Waals surface area contributed by atoms with E-state index in [1.807, 2.05) is 59.1 Å². The van der Waals surface area contributed by atoms with Crippen LogP contribution in [0, 0.1) is 0 Å². The van der Waals surface area contributed by atoms with Gasteiger partial charge in [0.25, 0.3) is 0 Å². The van der Waals surface area contributed by atoms with Crippen molar-refractivity contribution in [3.63, 3.8) is 0 Å². The molecule has 0 saturated carbocycles. The summed E-state index contributed by atoms with van der Waals surface area (Å²) in [4.78, 5) is 17.6. The molecule has 2 aromatic heterocycles. The summed E-state index contributed by atoms with van der Waals surface area (Å²) in [5.41, 5.74) is 6.19.